The number of aromatic nitrogens is 2. The van der Waals surface area contributed by atoms with Gasteiger partial charge in [-0.2, -0.15) is 4.98 Å². The molecule has 0 bridgehead atoms. The van der Waals surface area contributed by atoms with Gasteiger partial charge in [0.15, 0.2) is 0 Å². The maximum Gasteiger partial charge on any atom is 0.322 e. The summed E-state index contributed by atoms with van der Waals surface area (Å²) in [5, 5.41) is 0.0140. The first-order valence-corrected chi connectivity index (χ1v) is 5.60. The minimum Gasteiger partial charge on any atom is -0.424 e. The molecule has 0 saturated heterocycles. The summed E-state index contributed by atoms with van der Waals surface area (Å²) >= 11 is 10.3. The number of thiocarbonyl (C=S) groups is 1. The lowest BCUT2D eigenvalue weighted by molar-refractivity contribution is 0.437. The van der Waals surface area contributed by atoms with Gasteiger partial charge in [0.25, 0.3) is 0 Å². The molecule has 0 aliphatic rings. The van der Waals surface area contributed by atoms with Crippen LogP contribution in [-0.4, -0.2) is 15.0 Å². The van der Waals surface area contributed by atoms with Crippen molar-refractivity contribution >= 4 is 28.8 Å². The molecule has 7 heteroatoms. The Kier molecular flexibility index (Phi) is 3.69. The number of hydrogen-bond donors (Lipinski definition) is 1. The molecular formula is C11H7ClFN3OS. The van der Waals surface area contributed by atoms with Gasteiger partial charge < -0.3 is 10.5 Å². The molecule has 0 aliphatic heterocycles. The largest absolute Gasteiger partial charge is 0.424 e. The highest BCUT2D eigenvalue weighted by Crippen LogP contribution is 2.23. The van der Waals surface area contributed by atoms with Gasteiger partial charge in [0, 0.05) is 12.3 Å². The predicted molar refractivity (Wildman–Crippen MR) is 69.4 cm³/mol. The van der Waals surface area contributed by atoms with Crippen molar-refractivity contribution < 1.29 is 9.13 Å². The smallest absolute Gasteiger partial charge is 0.322 e. The molecule has 0 spiro atoms. The van der Waals surface area contributed by atoms with Crippen molar-refractivity contribution in [2.75, 3.05) is 0 Å². The van der Waals surface area contributed by atoms with E-state index in [0.29, 0.717) is 5.69 Å². The van der Waals surface area contributed by atoms with Crippen LogP contribution in [0.4, 0.5) is 4.39 Å². The van der Waals surface area contributed by atoms with Crippen LogP contribution in [0.2, 0.25) is 5.02 Å². The second-order valence-electron chi connectivity index (χ2n) is 3.27. The van der Waals surface area contributed by atoms with Crippen LogP contribution in [-0.2, 0) is 0 Å². The van der Waals surface area contributed by atoms with Gasteiger partial charge in [-0.15, -0.1) is 0 Å². The van der Waals surface area contributed by atoms with Gasteiger partial charge in [0.2, 0.25) is 0 Å². The molecule has 1 heterocycles. The van der Waals surface area contributed by atoms with Crippen LogP contribution in [0, 0.1) is 5.82 Å². The first-order chi connectivity index (χ1) is 8.56. The van der Waals surface area contributed by atoms with Crippen LogP contribution >= 0.6 is 23.8 Å². The zero-order valence-corrected chi connectivity index (χ0v) is 10.5. The summed E-state index contributed by atoms with van der Waals surface area (Å²) in [5.41, 5.74) is 5.81. The molecule has 0 unspecified atom stereocenters. The molecule has 18 heavy (non-hydrogen) atoms. The predicted octanol–water partition coefficient (Wildman–Crippen LogP) is 2.70. The Morgan fingerprint density at radius 1 is 1.39 bits per heavy atom. The lowest BCUT2D eigenvalue weighted by Crippen LogP contribution is -2.12. The van der Waals surface area contributed by atoms with E-state index >= 15 is 0 Å². The number of hydrogen-bond acceptors (Lipinski definition) is 4. The molecule has 1 aromatic heterocycles. The quantitative estimate of drug-likeness (QED) is 0.878. The summed E-state index contributed by atoms with van der Waals surface area (Å²) in [6.07, 6.45) is 1.45. The number of halogens is 2. The maximum atomic E-state index is 13.2. The molecule has 2 N–H and O–H groups in total. The van der Waals surface area contributed by atoms with Crippen molar-refractivity contribution in [2.45, 2.75) is 0 Å². The topological polar surface area (TPSA) is 61.0 Å². The Morgan fingerprint density at radius 2 is 2.17 bits per heavy atom. The van der Waals surface area contributed by atoms with E-state index in [1.807, 2.05) is 0 Å². The Morgan fingerprint density at radius 3 is 2.83 bits per heavy atom. The number of ether oxygens (including phenoxy) is 1. The molecule has 0 saturated carbocycles. The summed E-state index contributed by atoms with van der Waals surface area (Å²) in [7, 11) is 0. The van der Waals surface area contributed by atoms with Gasteiger partial charge in [0.05, 0.1) is 5.02 Å². The van der Waals surface area contributed by atoms with Gasteiger partial charge >= 0.3 is 6.01 Å². The van der Waals surface area contributed by atoms with E-state index in [1.165, 1.54) is 18.3 Å². The van der Waals surface area contributed by atoms with E-state index in [4.69, 9.17) is 34.3 Å². The highest BCUT2D eigenvalue weighted by atomic mass is 35.5. The number of rotatable bonds is 3. The molecule has 0 radical (unpaired) electrons. The highest BCUT2D eigenvalue weighted by Gasteiger charge is 2.06. The Hall–Kier alpha value is -1.79. The normalized spacial score (nSPS) is 10.1. The monoisotopic (exact) mass is 283 g/mol. The van der Waals surface area contributed by atoms with Crippen molar-refractivity contribution in [3.63, 3.8) is 0 Å². The molecule has 2 rings (SSSR count). The van der Waals surface area contributed by atoms with Gasteiger partial charge in [-0.3, -0.25) is 0 Å². The van der Waals surface area contributed by atoms with Crippen molar-refractivity contribution in [1.29, 1.82) is 0 Å². The molecule has 1 aromatic carbocycles. The van der Waals surface area contributed by atoms with Crippen molar-refractivity contribution in [2.24, 2.45) is 5.73 Å². The fourth-order valence-electron chi connectivity index (χ4n) is 1.17. The second kappa shape index (κ2) is 5.24. The zero-order chi connectivity index (χ0) is 13.1. The molecule has 0 fully saturated rings. The van der Waals surface area contributed by atoms with Crippen LogP contribution in [0.1, 0.15) is 5.69 Å². The van der Waals surface area contributed by atoms with Crippen molar-refractivity contribution in [3.8, 4) is 11.8 Å². The van der Waals surface area contributed by atoms with Crippen LogP contribution in [0.25, 0.3) is 0 Å². The van der Waals surface area contributed by atoms with Gasteiger partial charge in [-0.05, 0) is 18.2 Å². The Labute approximate surface area is 113 Å². The van der Waals surface area contributed by atoms with E-state index in [1.54, 1.807) is 6.07 Å². The first kappa shape index (κ1) is 12.7. The molecule has 0 amide bonds. The van der Waals surface area contributed by atoms with E-state index in [0.717, 1.165) is 6.07 Å². The SMILES string of the molecule is NC(=S)c1ccnc(Oc2ccc(Cl)c(F)c2)n1. The van der Waals surface area contributed by atoms with Gasteiger partial charge in [0.1, 0.15) is 22.2 Å². The Bertz CT molecular complexity index is 609. The fraction of sp³-hybridized carbons (Fsp3) is 0. The van der Waals surface area contributed by atoms with E-state index in [9.17, 15) is 4.39 Å². The summed E-state index contributed by atoms with van der Waals surface area (Å²) in [6, 6.07) is 5.60. The van der Waals surface area contributed by atoms with Crippen LogP contribution in [0.3, 0.4) is 0 Å². The summed E-state index contributed by atoms with van der Waals surface area (Å²) in [4.78, 5) is 7.96. The summed E-state index contributed by atoms with van der Waals surface area (Å²) in [5.74, 6) is -0.350. The summed E-state index contributed by atoms with van der Waals surface area (Å²) in [6.45, 7) is 0. The standard InChI is InChI=1S/C11H7ClFN3OS/c12-7-2-1-6(5-8(7)13)17-11-15-4-3-9(16-11)10(14)18/h1-5H,(H2,14,18). The van der Waals surface area contributed by atoms with E-state index in [2.05, 4.69) is 9.97 Å². The lowest BCUT2D eigenvalue weighted by atomic mass is 10.3. The van der Waals surface area contributed by atoms with Crippen LogP contribution < -0.4 is 10.5 Å². The fourth-order valence-corrected chi connectivity index (χ4v) is 1.40. The second-order valence-corrected chi connectivity index (χ2v) is 4.11. The molecule has 0 atom stereocenters. The van der Waals surface area contributed by atoms with Crippen LogP contribution in [0.15, 0.2) is 30.5 Å². The van der Waals surface area contributed by atoms with Crippen molar-refractivity contribution in [1.82, 2.24) is 9.97 Å². The van der Waals surface area contributed by atoms with E-state index in [-0.39, 0.29) is 21.8 Å². The number of nitrogens with two attached hydrogens (primary N) is 1. The molecule has 4 nitrogen and oxygen atoms in total. The minimum atomic E-state index is -0.584. The molecular weight excluding hydrogens is 277 g/mol. The minimum absolute atomic E-state index is 0.0140. The molecule has 92 valence electrons. The van der Waals surface area contributed by atoms with E-state index < -0.39 is 5.82 Å². The average molecular weight is 284 g/mol. The highest BCUT2D eigenvalue weighted by molar-refractivity contribution is 7.80. The molecule has 0 aliphatic carbocycles. The van der Waals surface area contributed by atoms with Crippen LogP contribution in [0.5, 0.6) is 11.8 Å². The average Bonchev–Trinajstić information content (AvgIpc) is 2.34. The third-order valence-corrected chi connectivity index (χ3v) is 2.50. The Balaban J connectivity index is 2.25. The first-order valence-electron chi connectivity index (χ1n) is 4.82. The summed E-state index contributed by atoms with van der Waals surface area (Å²) < 4.78 is 18.5. The van der Waals surface area contributed by atoms with Crippen molar-refractivity contribution in [3.05, 3.63) is 47.0 Å². The number of benzene rings is 1. The lowest BCUT2D eigenvalue weighted by Gasteiger charge is -2.05. The zero-order valence-electron chi connectivity index (χ0n) is 8.93. The van der Waals surface area contributed by atoms with Gasteiger partial charge in [-0.25, -0.2) is 9.37 Å². The third kappa shape index (κ3) is 2.91. The van der Waals surface area contributed by atoms with Gasteiger partial charge in [-0.1, -0.05) is 23.8 Å². The maximum absolute atomic E-state index is 13.2. The molecule has 2 aromatic rings. The number of nitrogens with zero attached hydrogens (tertiary/aromatic N) is 2. The third-order valence-electron chi connectivity index (χ3n) is 1.99.